The summed E-state index contributed by atoms with van der Waals surface area (Å²) in [6.45, 7) is 0.880. The Labute approximate surface area is 127 Å². The predicted molar refractivity (Wildman–Crippen MR) is 75.9 cm³/mol. The van der Waals surface area contributed by atoms with E-state index in [4.69, 9.17) is 0 Å². The van der Waals surface area contributed by atoms with Gasteiger partial charge in [-0.15, -0.1) is 0 Å². The first-order valence-electron chi connectivity index (χ1n) is 6.13. The fourth-order valence-electron chi connectivity index (χ4n) is 1.79. The van der Waals surface area contributed by atoms with Crippen LogP contribution >= 0.6 is 15.9 Å². The van der Waals surface area contributed by atoms with Gasteiger partial charge in [0.15, 0.2) is 0 Å². The predicted octanol–water partition coefficient (Wildman–Crippen LogP) is 3.70. The normalized spacial score (nSPS) is 11.4. The number of alkyl halides is 3. The van der Waals surface area contributed by atoms with E-state index in [9.17, 15) is 18.0 Å². The molecular weight excluding hydrogens is 349 g/mol. The van der Waals surface area contributed by atoms with Crippen LogP contribution in [0.5, 0.6) is 0 Å². The molecular formula is C14H12BrF3N2O. The van der Waals surface area contributed by atoms with Gasteiger partial charge in [-0.05, 0) is 46.3 Å². The molecule has 0 fully saturated rings. The summed E-state index contributed by atoms with van der Waals surface area (Å²) in [4.78, 5) is 12.0. The third-order valence-electron chi connectivity index (χ3n) is 2.86. The van der Waals surface area contributed by atoms with Crippen molar-refractivity contribution in [2.75, 3.05) is 6.54 Å². The Balaban J connectivity index is 2.04. The SMILES string of the molecule is O=C(NCCn1cccc1)c1cc(C(F)(F)F)ccc1Br. The Kier molecular flexibility index (Phi) is 4.72. The van der Waals surface area contributed by atoms with Gasteiger partial charge in [-0.25, -0.2) is 0 Å². The van der Waals surface area contributed by atoms with Crippen LogP contribution in [0, 0.1) is 0 Å². The summed E-state index contributed by atoms with van der Waals surface area (Å²) in [7, 11) is 0. The third kappa shape index (κ3) is 4.10. The molecule has 0 aliphatic heterocycles. The number of nitrogens with one attached hydrogen (secondary N) is 1. The molecule has 0 bridgehead atoms. The molecule has 3 nitrogen and oxygen atoms in total. The molecule has 1 aromatic heterocycles. The maximum absolute atomic E-state index is 12.7. The summed E-state index contributed by atoms with van der Waals surface area (Å²) in [5, 5.41) is 2.60. The first-order valence-corrected chi connectivity index (χ1v) is 6.93. The number of amides is 1. The van der Waals surface area contributed by atoms with E-state index < -0.39 is 17.6 Å². The largest absolute Gasteiger partial charge is 0.416 e. The zero-order valence-corrected chi connectivity index (χ0v) is 12.4. The highest BCUT2D eigenvalue weighted by Crippen LogP contribution is 2.31. The third-order valence-corrected chi connectivity index (χ3v) is 3.55. The lowest BCUT2D eigenvalue weighted by atomic mass is 10.1. The van der Waals surface area contributed by atoms with Gasteiger partial charge in [-0.2, -0.15) is 13.2 Å². The number of carbonyl (C=O) groups is 1. The van der Waals surface area contributed by atoms with Crippen LogP contribution in [0.15, 0.2) is 47.2 Å². The quantitative estimate of drug-likeness (QED) is 0.886. The molecule has 1 aromatic carbocycles. The summed E-state index contributed by atoms with van der Waals surface area (Å²) in [5.74, 6) is -0.542. The second-order valence-corrected chi connectivity index (χ2v) is 5.22. The average Bonchev–Trinajstić information content (AvgIpc) is 2.91. The number of halogens is 4. The zero-order valence-electron chi connectivity index (χ0n) is 10.8. The van der Waals surface area contributed by atoms with E-state index in [1.807, 2.05) is 29.1 Å². The van der Waals surface area contributed by atoms with Crippen LogP contribution < -0.4 is 5.32 Å². The van der Waals surface area contributed by atoms with E-state index >= 15 is 0 Å². The van der Waals surface area contributed by atoms with E-state index in [1.54, 1.807) is 0 Å². The number of nitrogens with zero attached hydrogens (tertiary/aromatic N) is 1. The number of hydrogen-bond acceptors (Lipinski definition) is 1. The number of carbonyl (C=O) groups excluding carboxylic acids is 1. The standard InChI is InChI=1S/C14H12BrF3N2O/c15-12-4-3-10(14(16,17)18)9-11(12)13(21)19-5-8-20-6-1-2-7-20/h1-4,6-7,9H,5,8H2,(H,19,21). The number of rotatable bonds is 4. The van der Waals surface area contributed by atoms with Crippen LogP contribution in [0.3, 0.4) is 0 Å². The second kappa shape index (κ2) is 6.34. The van der Waals surface area contributed by atoms with E-state index in [0.717, 1.165) is 12.1 Å². The monoisotopic (exact) mass is 360 g/mol. The van der Waals surface area contributed by atoms with Crippen LogP contribution in [0.2, 0.25) is 0 Å². The van der Waals surface area contributed by atoms with Gasteiger partial charge < -0.3 is 9.88 Å². The van der Waals surface area contributed by atoms with E-state index in [0.29, 0.717) is 17.6 Å². The van der Waals surface area contributed by atoms with E-state index in [2.05, 4.69) is 21.2 Å². The molecule has 7 heteroatoms. The minimum atomic E-state index is -4.47. The fourth-order valence-corrected chi connectivity index (χ4v) is 2.22. The van der Waals surface area contributed by atoms with E-state index in [1.165, 1.54) is 6.07 Å². The Bertz CT molecular complexity index is 624. The van der Waals surface area contributed by atoms with Crippen molar-refractivity contribution in [2.24, 2.45) is 0 Å². The molecule has 0 radical (unpaired) electrons. The van der Waals surface area contributed by atoms with Crippen molar-refractivity contribution in [3.63, 3.8) is 0 Å². The molecule has 0 saturated heterocycles. The molecule has 0 spiro atoms. The summed E-state index contributed by atoms with van der Waals surface area (Å²) >= 11 is 3.10. The van der Waals surface area contributed by atoms with Crippen LogP contribution in [0.25, 0.3) is 0 Å². The zero-order chi connectivity index (χ0) is 15.5. The highest BCUT2D eigenvalue weighted by Gasteiger charge is 2.31. The van der Waals surface area contributed by atoms with Crippen molar-refractivity contribution in [1.82, 2.24) is 9.88 Å². The van der Waals surface area contributed by atoms with Crippen molar-refractivity contribution in [3.05, 3.63) is 58.3 Å². The molecule has 2 rings (SSSR count). The molecule has 0 aliphatic rings. The molecule has 0 saturated carbocycles. The van der Waals surface area contributed by atoms with Crippen LogP contribution in [0.1, 0.15) is 15.9 Å². The van der Waals surface area contributed by atoms with E-state index in [-0.39, 0.29) is 5.56 Å². The number of aromatic nitrogens is 1. The Morgan fingerprint density at radius 1 is 1.24 bits per heavy atom. The average molecular weight is 361 g/mol. The maximum Gasteiger partial charge on any atom is 0.416 e. The highest BCUT2D eigenvalue weighted by atomic mass is 79.9. The molecule has 1 heterocycles. The molecule has 1 N–H and O–H groups in total. The van der Waals surface area contributed by atoms with Gasteiger partial charge in [0.1, 0.15) is 0 Å². The minimum Gasteiger partial charge on any atom is -0.353 e. The van der Waals surface area contributed by atoms with Crippen molar-refractivity contribution in [3.8, 4) is 0 Å². The van der Waals surface area contributed by atoms with Gasteiger partial charge >= 0.3 is 6.18 Å². The molecule has 2 aromatic rings. The number of benzene rings is 1. The molecule has 112 valence electrons. The fraction of sp³-hybridized carbons (Fsp3) is 0.214. The smallest absolute Gasteiger partial charge is 0.353 e. The highest BCUT2D eigenvalue weighted by molar-refractivity contribution is 9.10. The van der Waals surface area contributed by atoms with Crippen LogP contribution in [0.4, 0.5) is 13.2 Å². The van der Waals surface area contributed by atoms with Crippen LogP contribution in [-0.2, 0) is 12.7 Å². The summed E-state index contributed by atoms with van der Waals surface area (Å²) in [6.07, 6.45) is -0.792. The van der Waals surface area contributed by atoms with Gasteiger partial charge in [0.2, 0.25) is 0 Å². The Hall–Kier alpha value is -1.76. The van der Waals surface area contributed by atoms with Gasteiger partial charge in [0.05, 0.1) is 11.1 Å². The molecule has 21 heavy (non-hydrogen) atoms. The van der Waals surface area contributed by atoms with Crippen LogP contribution in [-0.4, -0.2) is 17.0 Å². The number of hydrogen-bond donors (Lipinski definition) is 1. The van der Waals surface area contributed by atoms with Crippen molar-refractivity contribution in [1.29, 1.82) is 0 Å². The summed E-state index contributed by atoms with van der Waals surface area (Å²) in [5.41, 5.74) is -0.876. The Morgan fingerprint density at radius 3 is 2.52 bits per heavy atom. The van der Waals surface area contributed by atoms with Crippen molar-refractivity contribution < 1.29 is 18.0 Å². The topological polar surface area (TPSA) is 34.0 Å². The second-order valence-electron chi connectivity index (χ2n) is 4.37. The molecule has 0 atom stereocenters. The lowest BCUT2D eigenvalue weighted by Crippen LogP contribution is -2.27. The molecule has 0 unspecified atom stereocenters. The van der Waals surface area contributed by atoms with Crippen molar-refractivity contribution in [2.45, 2.75) is 12.7 Å². The Morgan fingerprint density at radius 2 is 1.90 bits per heavy atom. The summed E-state index contributed by atoms with van der Waals surface area (Å²) < 4.78 is 40.1. The molecule has 0 aliphatic carbocycles. The minimum absolute atomic E-state index is 0.0302. The maximum atomic E-state index is 12.7. The van der Waals surface area contributed by atoms with Gasteiger partial charge in [-0.1, -0.05) is 0 Å². The van der Waals surface area contributed by atoms with Crippen molar-refractivity contribution >= 4 is 21.8 Å². The van der Waals surface area contributed by atoms with Gasteiger partial charge in [-0.3, -0.25) is 4.79 Å². The first-order chi connectivity index (χ1) is 9.88. The lowest BCUT2D eigenvalue weighted by Gasteiger charge is -2.11. The van der Waals surface area contributed by atoms with Gasteiger partial charge in [0.25, 0.3) is 5.91 Å². The molecule has 1 amide bonds. The first kappa shape index (κ1) is 15.6. The van der Waals surface area contributed by atoms with Gasteiger partial charge in [0, 0.05) is 30.0 Å². The summed E-state index contributed by atoms with van der Waals surface area (Å²) in [6, 6.07) is 6.70. The lowest BCUT2D eigenvalue weighted by molar-refractivity contribution is -0.137.